The number of hydrogen-bond donors (Lipinski definition) is 1. The first-order valence-electron chi connectivity index (χ1n) is 5.81. The highest BCUT2D eigenvalue weighted by atomic mass is 16.6. The van der Waals surface area contributed by atoms with Gasteiger partial charge in [-0.2, -0.15) is 5.10 Å². The lowest BCUT2D eigenvalue weighted by Gasteiger charge is -2.14. The molecule has 1 rings (SSSR count). The quantitative estimate of drug-likeness (QED) is 0.610. The Kier molecular flexibility index (Phi) is 4.80. The van der Waals surface area contributed by atoms with Gasteiger partial charge in [-0.1, -0.05) is 0 Å². The van der Waals surface area contributed by atoms with Crippen LogP contribution in [0.5, 0.6) is 0 Å². The van der Waals surface area contributed by atoms with E-state index in [4.69, 9.17) is 4.74 Å². The third-order valence-corrected chi connectivity index (χ3v) is 2.53. The van der Waals surface area contributed by atoms with E-state index < -0.39 is 11.0 Å². The van der Waals surface area contributed by atoms with E-state index in [0.29, 0.717) is 11.4 Å². The summed E-state index contributed by atoms with van der Waals surface area (Å²) >= 11 is 0. The second kappa shape index (κ2) is 5.92. The van der Waals surface area contributed by atoms with Crippen LogP contribution < -0.4 is 0 Å². The molecule has 0 fully saturated rings. The molecule has 0 saturated carbocycles. The number of aliphatic hydroxyl groups excluding tert-OH is 1. The van der Waals surface area contributed by atoms with Crippen molar-refractivity contribution in [1.29, 1.82) is 0 Å². The Morgan fingerprint density at radius 2 is 2.11 bits per heavy atom. The third-order valence-electron chi connectivity index (χ3n) is 2.53. The van der Waals surface area contributed by atoms with Crippen LogP contribution in [-0.4, -0.2) is 38.6 Å². The molecule has 0 aliphatic heterocycles. The average Bonchev–Trinajstić information content (AvgIpc) is 2.51. The van der Waals surface area contributed by atoms with E-state index in [-0.39, 0.29) is 24.9 Å². The summed E-state index contributed by atoms with van der Waals surface area (Å²) in [4.78, 5) is 10.4. The molecule has 102 valence electrons. The van der Waals surface area contributed by atoms with Gasteiger partial charge in [0.05, 0.1) is 30.3 Å². The maximum atomic E-state index is 10.8. The molecule has 7 heteroatoms. The summed E-state index contributed by atoms with van der Waals surface area (Å²) in [6, 6.07) is 0. The molecule has 1 unspecified atom stereocenters. The summed E-state index contributed by atoms with van der Waals surface area (Å²) in [7, 11) is 0. The Balaban J connectivity index is 2.73. The van der Waals surface area contributed by atoms with Gasteiger partial charge in [0.25, 0.3) is 0 Å². The minimum absolute atomic E-state index is 0.00646. The van der Waals surface area contributed by atoms with Crippen molar-refractivity contribution in [3.05, 3.63) is 21.5 Å². The number of aliphatic hydroxyl groups is 1. The highest BCUT2D eigenvalue weighted by Crippen LogP contribution is 2.21. The van der Waals surface area contributed by atoms with Crippen LogP contribution in [0.15, 0.2) is 0 Å². The fourth-order valence-corrected chi connectivity index (χ4v) is 1.69. The second-order valence-corrected chi connectivity index (χ2v) is 4.49. The Hall–Kier alpha value is -1.47. The van der Waals surface area contributed by atoms with Gasteiger partial charge in [-0.15, -0.1) is 0 Å². The molecule has 0 saturated heterocycles. The van der Waals surface area contributed by atoms with Gasteiger partial charge in [0.1, 0.15) is 11.4 Å². The minimum Gasteiger partial charge on any atom is -0.389 e. The molecule has 0 aliphatic carbocycles. The molecule has 1 N–H and O–H groups in total. The molecule has 0 aliphatic rings. The molecule has 1 heterocycles. The number of nitro groups is 1. The number of aromatic nitrogens is 2. The van der Waals surface area contributed by atoms with E-state index in [1.807, 2.05) is 13.8 Å². The first-order chi connectivity index (χ1) is 8.32. The maximum absolute atomic E-state index is 10.8. The Bertz CT molecular complexity index is 428. The number of aryl methyl sites for hydroxylation is 1. The smallest absolute Gasteiger partial charge is 0.312 e. The van der Waals surface area contributed by atoms with Gasteiger partial charge >= 0.3 is 5.69 Å². The summed E-state index contributed by atoms with van der Waals surface area (Å²) in [6.07, 6.45) is -0.695. The standard InChI is InChI=1S/C11H19N3O4/c1-7(2)18-6-10(15)5-13-9(4)11(14(16)17)8(3)12-13/h7,10,15H,5-6H2,1-4H3. The molecule has 1 aromatic rings. The predicted molar refractivity (Wildman–Crippen MR) is 65.5 cm³/mol. The second-order valence-electron chi connectivity index (χ2n) is 4.49. The lowest BCUT2D eigenvalue weighted by atomic mass is 10.3. The maximum Gasteiger partial charge on any atom is 0.312 e. The molecule has 1 aromatic heterocycles. The number of rotatable bonds is 6. The lowest BCUT2D eigenvalue weighted by molar-refractivity contribution is -0.386. The van der Waals surface area contributed by atoms with Crippen LogP contribution in [0.25, 0.3) is 0 Å². The minimum atomic E-state index is -0.731. The van der Waals surface area contributed by atoms with Gasteiger partial charge < -0.3 is 9.84 Å². The molecule has 18 heavy (non-hydrogen) atoms. The van der Waals surface area contributed by atoms with Crippen molar-refractivity contribution in [2.75, 3.05) is 6.61 Å². The van der Waals surface area contributed by atoms with Crippen LogP contribution in [0.3, 0.4) is 0 Å². The number of nitrogens with zero attached hydrogens (tertiary/aromatic N) is 3. The van der Waals surface area contributed by atoms with Crippen LogP contribution >= 0.6 is 0 Å². The molecule has 0 aromatic carbocycles. The van der Waals surface area contributed by atoms with Crippen LogP contribution in [0.2, 0.25) is 0 Å². The zero-order valence-electron chi connectivity index (χ0n) is 11.1. The average molecular weight is 257 g/mol. The number of hydrogen-bond acceptors (Lipinski definition) is 5. The summed E-state index contributed by atoms with van der Waals surface area (Å²) in [5, 5.41) is 24.6. The van der Waals surface area contributed by atoms with E-state index >= 15 is 0 Å². The van der Waals surface area contributed by atoms with Gasteiger partial charge in [0.15, 0.2) is 0 Å². The van der Waals surface area contributed by atoms with Crippen LogP contribution in [0.4, 0.5) is 5.69 Å². The molecule has 0 amide bonds. The van der Waals surface area contributed by atoms with Crippen molar-refractivity contribution in [2.45, 2.75) is 46.4 Å². The first kappa shape index (κ1) is 14.6. The molecular weight excluding hydrogens is 238 g/mol. The van der Waals surface area contributed by atoms with Crippen molar-refractivity contribution in [2.24, 2.45) is 0 Å². The van der Waals surface area contributed by atoms with Crippen LogP contribution in [0.1, 0.15) is 25.2 Å². The van der Waals surface area contributed by atoms with Crippen molar-refractivity contribution < 1.29 is 14.8 Å². The molecule has 7 nitrogen and oxygen atoms in total. The van der Waals surface area contributed by atoms with E-state index in [9.17, 15) is 15.2 Å². The van der Waals surface area contributed by atoms with Gasteiger partial charge in [0, 0.05) is 0 Å². The first-order valence-corrected chi connectivity index (χ1v) is 5.81. The predicted octanol–water partition coefficient (Wildman–Crippen LogP) is 1.19. The van der Waals surface area contributed by atoms with Crippen LogP contribution in [-0.2, 0) is 11.3 Å². The monoisotopic (exact) mass is 257 g/mol. The number of ether oxygens (including phenoxy) is 1. The van der Waals surface area contributed by atoms with E-state index in [0.717, 1.165) is 0 Å². The van der Waals surface area contributed by atoms with E-state index in [1.165, 1.54) is 4.68 Å². The van der Waals surface area contributed by atoms with Crippen LogP contribution in [0, 0.1) is 24.0 Å². The fraction of sp³-hybridized carbons (Fsp3) is 0.727. The topological polar surface area (TPSA) is 90.4 Å². The van der Waals surface area contributed by atoms with Crippen molar-refractivity contribution in [3.63, 3.8) is 0 Å². The highest BCUT2D eigenvalue weighted by Gasteiger charge is 2.22. The van der Waals surface area contributed by atoms with Crippen molar-refractivity contribution in [3.8, 4) is 0 Å². The zero-order valence-corrected chi connectivity index (χ0v) is 11.1. The van der Waals surface area contributed by atoms with Gasteiger partial charge in [0.2, 0.25) is 0 Å². The van der Waals surface area contributed by atoms with Gasteiger partial charge in [-0.25, -0.2) is 0 Å². The molecule has 0 bridgehead atoms. The Morgan fingerprint density at radius 1 is 1.50 bits per heavy atom. The SMILES string of the molecule is Cc1nn(CC(O)COC(C)C)c(C)c1[N+](=O)[O-]. The van der Waals surface area contributed by atoms with Gasteiger partial charge in [-0.3, -0.25) is 14.8 Å². The zero-order chi connectivity index (χ0) is 13.9. The summed E-state index contributed by atoms with van der Waals surface area (Å²) in [6.45, 7) is 7.32. The third kappa shape index (κ3) is 3.51. The summed E-state index contributed by atoms with van der Waals surface area (Å²) in [5.41, 5.74) is 0.808. The van der Waals surface area contributed by atoms with Crippen molar-refractivity contribution >= 4 is 5.69 Å². The Morgan fingerprint density at radius 3 is 2.56 bits per heavy atom. The Labute approximate surface area is 106 Å². The molecular formula is C11H19N3O4. The molecule has 1 atom stereocenters. The summed E-state index contributed by atoms with van der Waals surface area (Å²) in [5.74, 6) is 0. The lowest BCUT2D eigenvalue weighted by Crippen LogP contribution is -2.25. The summed E-state index contributed by atoms with van der Waals surface area (Å²) < 4.78 is 6.72. The van der Waals surface area contributed by atoms with E-state index in [1.54, 1.807) is 13.8 Å². The molecule has 0 radical (unpaired) electrons. The van der Waals surface area contributed by atoms with Gasteiger partial charge in [-0.05, 0) is 27.7 Å². The van der Waals surface area contributed by atoms with E-state index in [2.05, 4.69) is 5.10 Å². The normalized spacial score (nSPS) is 13.0. The molecule has 0 spiro atoms. The highest BCUT2D eigenvalue weighted by molar-refractivity contribution is 5.39. The van der Waals surface area contributed by atoms with Crippen molar-refractivity contribution in [1.82, 2.24) is 9.78 Å². The fourth-order valence-electron chi connectivity index (χ4n) is 1.69. The largest absolute Gasteiger partial charge is 0.389 e.